The minimum absolute atomic E-state index is 0.166. The zero-order valence-corrected chi connectivity index (χ0v) is 17.0. The van der Waals surface area contributed by atoms with Crippen LogP contribution in [0.5, 0.6) is 0 Å². The molecule has 1 saturated carbocycles. The third-order valence-corrected chi connectivity index (χ3v) is 5.52. The molecule has 1 aliphatic rings. The Balaban J connectivity index is 1.55. The Morgan fingerprint density at radius 3 is 2.55 bits per heavy atom. The zero-order valence-electron chi connectivity index (χ0n) is 17.0. The number of aromatic nitrogens is 4. The normalized spacial score (nSPS) is 15.8. The first-order valence-electron chi connectivity index (χ1n) is 9.91. The molecule has 0 saturated heterocycles. The molecule has 2 aromatic heterocycles. The molecule has 3 aromatic rings. The summed E-state index contributed by atoms with van der Waals surface area (Å²) in [4.78, 5) is 17.1. The van der Waals surface area contributed by atoms with Crippen molar-refractivity contribution in [2.45, 2.75) is 52.0 Å². The molecule has 0 radical (unpaired) electrons. The number of aryl methyl sites for hydroxylation is 2. The molecule has 150 valence electrons. The van der Waals surface area contributed by atoms with Gasteiger partial charge < -0.3 is 9.84 Å². The highest BCUT2D eigenvalue weighted by Crippen LogP contribution is 2.37. The number of carbonyl (C=O) groups excluding carboxylic acids is 1. The molecule has 1 amide bonds. The molecule has 0 aliphatic heterocycles. The molecule has 1 aliphatic carbocycles. The Labute approximate surface area is 169 Å². The van der Waals surface area contributed by atoms with Crippen LogP contribution in [0.1, 0.15) is 54.3 Å². The van der Waals surface area contributed by atoms with Crippen LogP contribution in [0.4, 0.5) is 0 Å². The van der Waals surface area contributed by atoms with E-state index in [1.165, 1.54) is 0 Å². The summed E-state index contributed by atoms with van der Waals surface area (Å²) < 4.78 is 7.04. The van der Waals surface area contributed by atoms with E-state index in [1.54, 1.807) is 13.0 Å². The van der Waals surface area contributed by atoms with Gasteiger partial charge in [0.25, 0.3) is 0 Å². The van der Waals surface area contributed by atoms with Gasteiger partial charge in [-0.05, 0) is 44.9 Å². The van der Waals surface area contributed by atoms with E-state index >= 15 is 0 Å². The SMILES string of the molecule is Cc1nc(C2(NC(=O)/C=C/c3c(C)nn(-c4ccccc4)c3C)CCCC2)no1. The number of rotatable bonds is 5. The van der Waals surface area contributed by atoms with Crippen LogP contribution in [-0.2, 0) is 10.3 Å². The average Bonchev–Trinajstić information content (AvgIpc) is 3.42. The van der Waals surface area contributed by atoms with E-state index in [0.29, 0.717) is 11.7 Å². The standard InChI is InChI=1S/C22H25N5O2/c1-15-19(16(2)27(25-15)18-9-5-4-6-10-18)11-12-20(28)24-22(13-7-8-14-22)21-23-17(3)29-26-21/h4-6,9-12H,7-8,13-14H2,1-3H3,(H,24,28)/b12-11+. The van der Waals surface area contributed by atoms with Gasteiger partial charge in [0.1, 0.15) is 5.54 Å². The highest BCUT2D eigenvalue weighted by atomic mass is 16.5. The number of benzene rings is 1. The topological polar surface area (TPSA) is 85.8 Å². The smallest absolute Gasteiger partial charge is 0.244 e. The summed E-state index contributed by atoms with van der Waals surface area (Å²) in [7, 11) is 0. The van der Waals surface area contributed by atoms with Crippen molar-refractivity contribution in [1.82, 2.24) is 25.2 Å². The van der Waals surface area contributed by atoms with Gasteiger partial charge in [0, 0.05) is 24.3 Å². The lowest BCUT2D eigenvalue weighted by Gasteiger charge is -2.25. The Bertz CT molecular complexity index is 1040. The minimum Gasteiger partial charge on any atom is -0.340 e. The number of nitrogens with zero attached hydrogens (tertiary/aromatic N) is 4. The fourth-order valence-electron chi connectivity index (χ4n) is 4.03. The average molecular weight is 391 g/mol. The van der Waals surface area contributed by atoms with Crippen LogP contribution in [0.3, 0.4) is 0 Å². The van der Waals surface area contributed by atoms with Crippen molar-refractivity contribution in [3.05, 3.63) is 65.1 Å². The molecule has 0 unspecified atom stereocenters. The van der Waals surface area contributed by atoms with Crippen molar-refractivity contribution < 1.29 is 9.32 Å². The Hall–Kier alpha value is -3.22. The lowest BCUT2D eigenvalue weighted by atomic mass is 9.96. The van der Waals surface area contributed by atoms with Gasteiger partial charge in [0.15, 0.2) is 5.82 Å². The molecule has 2 heterocycles. The van der Waals surface area contributed by atoms with Gasteiger partial charge in [-0.15, -0.1) is 0 Å². The predicted octanol–water partition coefficient (Wildman–Crippen LogP) is 3.78. The molecule has 0 bridgehead atoms. The zero-order chi connectivity index (χ0) is 20.4. The van der Waals surface area contributed by atoms with E-state index in [2.05, 4.69) is 20.6 Å². The highest BCUT2D eigenvalue weighted by molar-refractivity contribution is 5.92. The summed E-state index contributed by atoms with van der Waals surface area (Å²) in [5.41, 5.74) is 3.26. The number of hydrogen-bond acceptors (Lipinski definition) is 5. The van der Waals surface area contributed by atoms with Gasteiger partial charge in [-0.1, -0.05) is 36.2 Å². The van der Waals surface area contributed by atoms with Crippen LogP contribution in [0, 0.1) is 20.8 Å². The van der Waals surface area contributed by atoms with Gasteiger partial charge >= 0.3 is 0 Å². The molecule has 1 fully saturated rings. The maximum atomic E-state index is 12.7. The van der Waals surface area contributed by atoms with Crippen LogP contribution < -0.4 is 5.32 Å². The van der Waals surface area contributed by atoms with Gasteiger partial charge in [0.2, 0.25) is 11.8 Å². The summed E-state index contributed by atoms with van der Waals surface area (Å²) in [6, 6.07) is 9.96. The molecular weight excluding hydrogens is 366 g/mol. The van der Waals surface area contributed by atoms with Crippen molar-refractivity contribution in [3.8, 4) is 5.69 Å². The second-order valence-corrected chi connectivity index (χ2v) is 7.58. The first-order valence-corrected chi connectivity index (χ1v) is 9.91. The van der Waals surface area contributed by atoms with Gasteiger partial charge in [0.05, 0.1) is 11.4 Å². The maximum Gasteiger partial charge on any atom is 0.244 e. The van der Waals surface area contributed by atoms with Crippen LogP contribution in [0.2, 0.25) is 0 Å². The third-order valence-electron chi connectivity index (χ3n) is 5.52. The molecule has 1 aromatic carbocycles. The van der Waals surface area contributed by atoms with Gasteiger partial charge in [-0.2, -0.15) is 10.1 Å². The molecule has 0 atom stereocenters. The van der Waals surface area contributed by atoms with Crippen molar-refractivity contribution in [2.75, 3.05) is 0 Å². The number of nitrogens with one attached hydrogen (secondary N) is 1. The molecule has 1 N–H and O–H groups in total. The Kier molecular flexibility index (Phi) is 5.05. The first-order chi connectivity index (χ1) is 14.0. The second-order valence-electron chi connectivity index (χ2n) is 7.58. The number of amides is 1. The summed E-state index contributed by atoms with van der Waals surface area (Å²) in [6.07, 6.45) is 7.08. The minimum atomic E-state index is -0.544. The van der Waals surface area contributed by atoms with E-state index in [1.807, 2.05) is 54.9 Å². The molecule has 4 rings (SSSR count). The maximum absolute atomic E-state index is 12.7. The third kappa shape index (κ3) is 3.72. The monoisotopic (exact) mass is 391 g/mol. The van der Waals surface area contributed by atoms with Crippen LogP contribution >= 0.6 is 0 Å². The second kappa shape index (κ2) is 7.66. The van der Waals surface area contributed by atoms with Crippen molar-refractivity contribution in [1.29, 1.82) is 0 Å². The Morgan fingerprint density at radius 1 is 1.17 bits per heavy atom. The molecule has 7 nitrogen and oxygen atoms in total. The number of para-hydroxylation sites is 1. The van der Waals surface area contributed by atoms with E-state index in [-0.39, 0.29) is 5.91 Å². The van der Waals surface area contributed by atoms with Crippen LogP contribution in [0.15, 0.2) is 40.9 Å². The number of carbonyl (C=O) groups is 1. The van der Waals surface area contributed by atoms with Crippen molar-refractivity contribution in [2.24, 2.45) is 0 Å². The summed E-state index contributed by atoms with van der Waals surface area (Å²) in [6.45, 7) is 5.71. The largest absolute Gasteiger partial charge is 0.340 e. The molecule has 7 heteroatoms. The van der Waals surface area contributed by atoms with Crippen LogP contribution in [-0.4, -0.2) is 25.8 Å². The summed E-state index contributed by atoms with van der Waals surface area (Å²) in [5.74, 6) is 0.912. The van der Waals surface area contributed by atoms with Crippen molar-refractivity contribution in [3.63, 3.8) is 0 Å². The summed E-state index contributed by atoms with van der Waals surface area (Å²) >= 11 is 0. The van der Waals surface area contributed by atoms with Crippen LogP contribution in [0.25, 0.3) is 11.8 Å². The van der Waals surface area contributed by atoms with E-state index in [0.717, 1.165) is 48.3 Å². The van der Waals surface area contributed by atoms with E-state index < -0.39 is 5.54 Å². The summed E-state index contributed by atoms with van der Waals surface area (Å²) in [5, 5.41) is 11.8. The van der Waals surface area contributed by atoms with Crippen molar-refractivity contribution >= 4 is 12.0 Å². The van der Waals surface area contributed by atoms with Gasteiger partial charge in [-0.3, -0.25) is 4.79 Å². The first kappa shape index (κ1) is 19.1. The molecule has 0 spiro atoms. The molecular formula is C22H25N5O2. The fourth-order valence-corrected chi connectivity index (χ4v) is 4.03. The van der Waals surface area contributed by atoms with E-state index in [4.69, 9.17) is 4.52 Å². The predicted molar refractivity (Wildman–Crippen MR) is 109 cm³/mol. The molecule has 29 heavy (non-hydrogen) atoms. The lowest BCUT2D eigenvalue weighted by Crippen LogP contribution is -2.44. The number of hydrogen-bond donors (Lipinski definition) is 1. The van der Waals surface area contributed by atoms with Gasteiger partial charge in [-0.25, -0.2) is 4.68 Å². The lowest BCUT2D eigenvalue weighted by molar-refractivity contribution is -0.118. The Morgan fingerprint density at radius 2 is 1.90 bits per heavy atom. The fraction of sp³-hybridized carbons (Fsp3) is 0.364. The highest BCUT2D eigenvalue weighted by Gasteiger charge is 2.40. The van der Waals surface area contributed by atoms with E-state index in [9.17, 15) is 4.79 Å². The quantitative estimate of drug-likeness (QED) is 0.669.